The second-order valence-electron chi connectivity index (χ2n) is 5.79. The molecule has 1 aromatic carbocycles. The molecule has 2 unspecified atom stereocenters. The molecule has 144 valence electrons. The van der Waals surface area contributed by atoms with Crippen molar-refractivity contribution in [2.24, 2.45) is 5.73 Å². The summed E-state index contributed by atoms with van der Waals surface area (Å²) >= 11 is 1.56. The summed E-state index contributed by atoms with van der Waals surface area (Å²) in [5.74, 6) is -0.332. The lowest BCUT2D eigenvalue weighted by Crippen LogP contribution is -2.53. The Morgan fingerprint density at radius 2 is 1.81 bits per heavy atom. The molecule has 2 atom stereocenters. The van der Waals surface area contributed by atoms with Crippen LogP contribution in [0.1, 0.15) is 31.7 Å². The molecular weight excluding hydrogens is 354 g/mol. The largest absolute Gasteiger partial charge is 0.445 e. The minimum absolute atomic E-state index is 0.116. The number of primary amides is 1. The van der Waals surface area contributed by atoms with Crippen LogP contribution in [0.2, 0.25) is 0 Å². The molecule has 1 rings (SSSR count). The molecule has 4 N–H and O–H groups in total. The lowest BCUT2D eigenvalue weighted by Gasteiger charge is -2.21. The van der Waals surface area contributed by atoms with Crippen molar-refractivity contribution in [1.82, 2.24) is 10.6 Å². The van der Waals surface area contributed by atoms with Crippen LogP contribution < -0.4 is 16.4 Å². The van der Waals surface area contributed by atoms with Crippen LogP contribution in [0.4, 0.5) is 4.79 Å². The van der Waals surface area contributed by atoms with E-state index in [1.807, 2.05) is 43.5 Å². The van der Waals surface area contributed by atoms with Crippen molar-refractivity contribution >= 4 is 29.7 Å². The molecule has 0 radical (unpaired) electrons. The molecule has 0 heterocycles. The van der Waals surface area contributed by atoms with Gasteiger partial charge in [0.1, 0.15) is 18.7 Å². The Labute approximate surface area is 158 Å². The van der Waals surface area contributed by atoms with Crippen LogP contribution in [-0.2, 0) is 20.9 Å². The van der Waals surface area contributed by atoms with Crippen molar-refractivity contribution < 1.29 is 19.1 Å². The van der Waals surface area contributed by atoms with Gasteiger partial charge in [-0.25, -0.2) is 4.79 Å². The van der Waals surface area contributed by atoms with Crippen molar-refractivity contribution in [3.8, 4) is 0 Å². The first-order valence-electron chi connectivity index (χ1n) is 8.53. The van der Waals surface area contributed by atoms with E-state index >= 15 is 0 Å². The third-order valence-electron chi connectivity index (χ3n) is 3.67. The number of ether oxygens (including phenoxy) is 1. The van der Waals surface area contributed by atoms with Gasteiger partial charge in [-0.05, 0) is 30.4 Å². The van der Waals surface area contributed by atoms with Crippen LogP contribution in [0.15, 0.2) is 30.3 Å². The standard InChI is InChI=1S/C18H27N3O4S/c1-3-7-15(17(23)20-14(16(19)22)10-11-26-2)21-18(24)25-12-13-8-5-4-6-9-13/h4-6,8-9,14-15H,3,7,10-12H2,1-2H3,(H2,19,22)(H,20,23)(H,21,24). The number of thioether (sulfide) groups is 1. The van der Waals surface area contributed by atoms with Crippen LogP contribution in [0, 0.1) is 0 Å². The van der Waals surface area contributed by atoms with Gasteiger partial charge >= 0.3 is 6.09 Å². The molecule has 3 amide bonds. The molecule has 1 aromatic rings. The van der Waals surface area contributed by atoms with Crippen molar-refractivity contribution in [2.45, 2.75) is 44.9 Å². The van der Waals surface area contributed by atoms with Gasteiger partial charge in [0.05, 0.1) is 0 Å². The molecule has 0 aromatic heterocycles. The SMILES string of the molecule is CCCC(NC(=O)OCc1ccccc1)C(=O)NC(CCSC)C(N)=O. The fourth-order valence-electron chi connectivity index (χ4n) is 2.26. The number of amides is 3. The summed E-state index contributed by atoms with van der Waals surface area (Å²) in [6.45, 7) is 2.02. The number of benzene rings is 1. The van der Waals surface area contributed by atoms with Crippen molar-refractivity contribution in [1.29, 1.82) is 0 Å². The smallest absolute Gasteiger partial charge is 0.408 e. The summed E-state index contributed by atoms with van der Waals surface area (Å²) in [6, 6.07) is 7.72. The number of alkyl carbamates (subject to hydrolysis) is 1. The third-order valence-corrected chi connectivity index (χ3v) is 4.31. The van der Waals surface area contributed by atoms with E-state index in [2.05, 4.69) is 10.6 Å². The minimum Gasteiger partial charge on any atom is -0.445 e. The number of hydrogen-bond acceptors (Lipinski definition) is 5. The van der Waals surface area contributed by atoms with Gasteiger partial charge in [-0.15, -0.1) is 0 Å². The molecule has 0 aliphatic rings. The number of rotatable bonds is 11. The predicted molar refractivity (Wildman–Crippen MR) is 103 cm³/mol. The number of hydrogen-bond donors (Lipinski definition) is 3. The van der Waals surface area contributed by atoms with Gasteiger partial charge in [-0.1, -0.05) is 43.7 Å². The van der Waals surface area contributed by atoms with E-state index < -0.39 is 30.0 Å². The van der Waals surface area contributed by atoms with Gasteiger partial charge in [-0.3, -0.25) is 9.59 Å². The Kier molecular flexibility index (Phi) is 10.2. The van der Waals surface area contributed by atoms with E-state index in [0.717, 1.165) is 5.56 Å². The highest BCUT2D eigenvalue weighted by Crippen LogP contribution is 2.05. The first kappa shape index (κ1) is 21.8. The predicted octanol–water partition coefficient (Wildman–Crippen LogP) is 1.80. The second-order valence-corrected chi connectivity index (χ2v) is 6.78. The first-order chi connectivity index (χ1) is 12.5. The third kappa shape index (κ3) is 8.24. The molecule has 0 spiro atoms. The van der Waals surface area contributed by atoms with Gasteiger partial charge in [0.2, 0.25) is 11.8 Å². The van der Waals surface area contributed by atoms with E-state index in [1.54, 1.807) is 11.8 Å². The maximum atomic E-state index is 12.4. The van der Waals surface area contributed by atoms with Crippen LogP contribution in [-0.4, -0.2) is 42.0 Å². The fourth-order valence-corrected chi connectivity index (χ4v) is 2.73. The van der Waals surface area contributed by atoms with E-state index in [9.17, 15) is 14.4 Å². The Balaban J connectivity index is 2.57. The zero-order valence-electron chi connectivity index (χ0n) is 15.2. The zero-order chi connectivity index (χ0) is 19.4. The highest BCUT2D eigenvalue weighted by atomic mass is 32.2. The molecule has 0 aliphatic carbocycles. The quantitative estimate of drug-likeness (QED) is 0.541. The normalized spacial score (nSPS) is 12.7. The molecule has 0 saturated heterocycles. The monoisotopic (exact) mass is 381 g/mol. The van der Waals surface area contributed by atoms with E-state index in [-0.39, 0.29) is 6.61 Å². The van der Waals surface area contributed by atoms with Crippen molar-refractivity contribution in [3.63, 3.8) is 0 Å². The van der Waals surface area contributed by atoms with Gasteiger partial charge in [0, 0.05) is 0 Å². The molecule has 0 bridgehead atoms. The zero-order valence-corrected chi connectivity index (χ0v) is 16.0. The highest BCUT2D eigenvalue weighted by Gasteiger charge is 2.25. The summed E-state index contributed by atoms with van der Waals surface area (Å²) < 4.78 is 5.15. The summed E-state index contributed by atoms with van der Waals surface area (Å²) in [4.78, 5) is 35.9. The highest BCUT2D eigenvalue weighted by molar-refractivity contribution is 7.98. The number of carbonyl (C=O) groups excluding carboxylic acids is 3. The fraction of sp³-hybridized carbons (Fsp3) is 0.500. The number of nitrogens with one attached hydrogen (secondary N) is 2. The lowest BCUT2D eigenvalue weighted by atomic mass is 10.1. The molecule has 7 nitrogen and oxygen atoms in total. The molecule has 8 heteroatoms. The number of nitrogens with two attached hydrogens (primary N) is 1. The molecule has 0 fully saturated rings. The van der Waals surface area contributed by atoms with Gasteiger partial charge in [-0.2, -0.15) is 11.8 Å². The van der Waals surface area contributed by atoms with Gasteiger partial charge in [0.25, 0.3) is 0 Å². The average Bonchev–Trinajstić information content (AvgIpc) is 2.63. The van der Waals surface area contributed by atoms with Crippen LogP contribution in [0.5, 0.6) is 0 Å². The number of carbonyl (C=O) groups is 3. The molecular formula is C18H27N3O4S. The molecule has 0 saturated carbocycles. The van der Waals surface area contributed by atoms with Crippen molar-refractivity contribution in [2.75, 3.05) is 12.0 Å². The maximum Gasteiger partial charge on any atom is 0.408 e. The molecule has 0 aliphatic heterocycles. The minimum atomic E-state index is -0.778. The summed E-state index contributed by atoms with van der Waals surface area (Å²) in [6.07, 6.45) is 2.79. The molecule has 26 heavy (non-hydrogen) atoms. The Morgan fingerprint density at radius 3 is 2.38 bits per heavy atom. The topological polar surface area (TPSA) is 111 Å². The van der Waals surface area contributed by atoms with Crippen LogP contribution in [0.3, 0.4) is 0 Å². The lowest BCUT2D eigenvalue weighted by molar-refractivity contribution is -0.128. The van der Waals surface area contributed by atoms with Crippen molar-refractivity contribution in [3.05, 3.63) is 35.9 Å². The summed E-state index contributed by atoms with van der Waals surface area (Å²) in [5, 5.41) is 5.18. The average molecular weight is 381 g/mol. The van der Waals surface area contributed by atoms with E-state index in [0.29, 0.717) is 25.0 Å². The van der Waals surface area contributed by atoms with Gasteiger partial charge in [0.15, 0.2) is 0 Å². The van der Waals surface area contributed by atoms with Crippen LogP contribution >= 0.6 is 11.8 Å². The summed E-state index contributed by atoms with van der Waals surface area (Å²) in [5.41, 5.74) is 6.19. The first-order valence-corrected chi connectivity index (χ1v) is 9.93. The van der Waals surface area contributed by atoms with E-state index in [1.165, 1.54) is 0 Å². The van der Waals surface area contributed by atoms with Crippen LogP contribution in [0.25, 0.3) is 0 Å². The Hall–Kier alpha value is -2.22. The van der Waals surface area contributed by atoms with E-state index in [4.69, 9.17) is 10.5 Å². The Morgan fingerprint density at radius 1 is 1.12 bits per heavy atom. The maximum absolute atomic E-state index is 12.4. The second kappa shape index (κ2) is 12.2. The van der Waals surface area contributed by atoms with Gasteiger partial charge < -0.3 is 21.1 Å². The summed E-state index contributed by atoms with van der Waals surface area (Å²) in [7, 11) is 0. The Bertz CT molecular complexity index is 583.